The van der Waals surface area contributed by atoms with Gasteiger partial charge in [-0.05, 0) is 35.9 Å². The molecule has 0 aliphatic heterocycles. The van der Waals surface area contributed by atoms with Crippen molar-refractivity contribution in [1.82, 2.24) is 5.32 Å². The molecule has 0 heterocycles. The molecule has 3 nitrogen and oxygen atoms in total. The minimum absolute atomic E-state index is 0. The lowest BCUT2D eigenvalue weighted by molar-refractivity contribution is 0.199. The normalized spacial score (nSPS) is 10.2. The molecule has 0 radical (unpaired) electrons. The first-order chi connectivity index (χ1) is 10.7. The smallest absolute Gasteiger partial charge is 0.124 e. The lowest BCUT2D eigenvalue weighted by atomic mass is 10.2. The molecule has 2 aromatic rings. The third-order valence-electron chi connectivity index (χ3n) is 3.13. The zero-order chi connectivity index (χ0) is 15.8. The SMILES string of the molecule is COCCNCc1cc(Br)ccc1OCc1ccc(F)cc1.Cl. The summed E-state index contributed by atoms with van der Waals surface area (Å²) in [5.41, 5.74) is 2.00. The zero-order valence-corrected chi connectivity index (χ0v) is 15.3. The van der Waals surface area contributed by atoms with Crippen LogP contribution in [-0.2, 0) is 17.9 Å². The summed E-state index contributed by atoms with van der Waals surface area (Å²) < 4.78 is 24.8. The Morgan fingerprint density at radius 2 is 1.87 bits per heavy atom. The predicted octanol–water partition coefficient (Wildman–Crippen LogP) is 4.33. The molecule has 0 atom stereocenters. The first-order valence-corrected chi connectivity index (χ1v) is 7.83. The van der Waals surface area contributed by atoms with E-state index in [1.165, 1.54) is 12.1 Å². The van der Waals surface area contributed by atoms with E-state index in [0.29, 0.717) is 19.8 Å². The van der Waals surface area contributed by atoms with Crippen molar-refractivity contribution in [2.45, 2.75) is 13.2 Å². The number of ether oxygens (including phenoxy) is 2. The minimum Gasteiger partial charge on any atom is -0.489 e. The van der Waals surface area contributed by atoms with Crippen LogP contribution < -0.4 is 10.1 Å². The van der Waals surface area contributed by atoms with Gasteiger partial charge in [0.1, 0.15) is 18.2 Å². The van der Waals surface area contributed by atoms with Crippen molar-refractivity contribution in [3.63, 3.8) is 0 Å². The Labute approximate surface area is 150 Å². The number of nitrogens with one attached hydrogen (secondary N) is 1. The van der Waals surface area contributed by atoms with E-state index in [1.807, 2.05) is 18.2 Å². The second-order valence-corrected chi connectivity index (χ2v) is 5.75. The first-order valence-electron chi connectivity index (χ1n) is 7.04. The number of rotatable bonds is 8. The fourth-order valence-corrected chi connectivity index (χ4v) is 2.37. The van der Waals surface area contributed by atoms with Crippen LogP contribution >= 0.6 is 28.3 Å². The fourth-order valence-electron chi connectivity index (χ4n) is 1.97. The quantitative estimate of drug-likeness (QED) is 0.665. The highest BCUT2D eigenvalue weighted by molar-refractivity contribution is 9.10. The molecule has 126 valence electrons. The number of hydrogen-bond acceptors (Lipinski definition) is 3. The Bertz CT molecular complexity index is 596. The molecule has 0 bridgehead atoms. The van der Waals surface area contributed by atoms with Gasteiger partial charge in [0, 0.05) is 30.2 Å². The Balaban J connectivity index is 0.00000264. The Hall–Kier alpha value is -1.14. The Kier molecular flexibility index (Phi) is 9.17. The van der Waals surface area contributed by atoms with Crippen molar-refractivity contribution in [3.8, 4) is 5.75 Å². The van der Waals surface area contributed by atoms with Gasteiger partial charge in [-0.2, -0.15) is 0 Å². The third kappa shape index (κ3) is 6.87. The second kappa shape index (κ2) is 10.6. The van der Waals surface area contributed by atoms with Gasteiger partial charge in [0.25, 0.3) is 0 Å². The number of hydrogen-bond donors (Lipinski definition) is 1. The summed E-state index contributed by atoms with van der Waals surface area (Å²) in [6.07, 6.45) is 0. The maximum absolute atomic E-state index is 12.9. The van der Waals surface area contributed by atoms with E-state index in [0.717, 1.165) is 27.9 Å². The summed E-state index contributed by atoms with van der Waals surface area (Å²) in [4.78, 5) is 0. The van der Waals surface area contributed by atoms with Crippen molar-refractivity contribution in [1.29, 1.82) is 0 Å². The van der Waals surface area contributed by atoms with Crippen molar-refractivity contribution >= 4 is 28.3 Å². The largest absolute Gasteiger partial charge is 0.489 e. The molecule has 0 fully saturated rings. The molecule has 0 amide bonds. The van der Waals surface area contributed by atoms with Crippen LogP contribution in [0.15, 0.2) is 46.9 Å². The maximum atomic E-state index is 12.9. The highest BCUT2D eigenvalue weighted by atomic mass is 79.9. The van der Waals surface area contributed by atoms with Crippen LogP contribution in [-0.4, -0.2) is 20.3 Å². The average molecular weight is 405 g/mol. The van der Waals surface area contributed by atoms with Gasteiger partial charge in [0.2, 0.25) is 0 Å². The topological polar surface area (TPSA) is 30.5 Å². The fraction of sp³-hybridized carbons (Fsp3) is 0.294. The summed E-state index contributed by atoms with van der Waals surface area (Å²) in [6, 6.07) is 12.2. The van der Waals surface area contributed by atoms with Crippen LogP contribution in [0.5, 0.6) is 5.75 Å². The van der Waals surface area contributed by atoms with E-state index in [1.54, 1.807) is 19.2 Å². The van der Waals surface area contributed by atoms with Gasteiger partial charge in [0.15, 0.2) is 0 Å². The van der Waals surface area contributed by atoms with Crippen LogP contribution in [0.2, 0.25) is 0 Å². The van der Waals surface area contributed by atoms with Crippen LogP contribution in [0.4, 0.5) is 4.39 Å². The summed E-state index contributed by atoms with van der Waals surface area (Å²) in [7, 11) is 1.68. The van der Waals surface area contributed by atoms with E-state index < -0.39 is 0 Å². The van der Waals surface area contributed by atoms with Crippen molar-refractivity contribution < 1.29 is 13.9 Å². The summed E-state index contributed by atoms with van der Waals surface area (Å²) >= 11 is 3.47. The molecular weight excluding hydrogens is 385 g/mol. The molecule has 0 saturated heterocycles. The summed E-state index contributed by atoms with van der Waals surface area (Å²) in [5, 5.41) is 3.30. The molecule has 0 unspecified atom stereocenters. The highest BCUT2D eigenvalue weighted by Gasteiger charge is 2.05. The highest BCUT2D eigenvalue weighted by Crippen LogP contribution is 2.24. The van der Waals surface area contributed by atoms with Crippen LogP contribution in [0.1, 0.15) is 11.1 Å². The van der Waals surface area contributed by atoms with Crippen molar-refractivity contribution in [3.05, 3.63) is 63.9 Å². The lowest BCUT2D eigenvalue weighted by Crippen LogP contribution is -2.19. The molecule has 0 aliphatic rings. The molecule has 0 saturated carbocycles. The van der Waals surface area contributed by atoms with Crippen LogP contribution in [0, 0.1) is 5.82 Å². The van der Waals surface area contributed by atoms with Gasteiger partial charge in [-0.3, -0.25) is 0 Å². The van der Waals surface area contributed by atoms with Crippen molar-refractivity contribution in [2.24, 2.45) is 0 Å². The second-order valence-electron chi connectivity index (χ2n) is 4.84. The van der Waals surface area contributed by atoms with Crippen LogP contribution in [0.3, 0.4) is 0 Å². The molecule has 2 rings (SSSR count). The van der Waals surface area contributed by atoms with E-state index in [2.05, 4.69) is 21.2 Å². The van der Waals surface area contributed by atoms with Crippen molar-refractivity contribution in [2.75, 3.05) is 20.3 Å². The Morgan fingerprint density at radius 3 is 2.57 bits per heavy atom. The molecule has 0 aliphatic carbocycles. The minimum atomic E-state index is -0.240. The zero-order valence-electron chi connectivity index (χ0n) is 12.9. The van der Waals surface area contributed by atoms with E-state index in [4.69, 9.17) is 9.47 Å². The van der Waals surface area contributed by atoms with Gasteiger partial charge < -0.3 is 14.8 Å². The summed E-state index contributed by atoms with van der Waals surface area (Å²) in [6.45, 7) is 2.55. The molecule has 2 aromatic carbocycles. The van der Waals surface area contributed by atoms with Gasteiger partial charge in [-0.1, -0.05) is 28.1 Å². The molecular formula is C17H20BrClFNO2. The lowest BCUT2D eigenvalue weighted by Gasteiger charge is -2.13. The molecule has 1 N–H and O–H groups in total. The van der Waals surface area contributed by atoms with Gasteiger partial charge in [-0.15, -0.1) is 12.4 Å². The van der Waals surface area contributed by atoms with E-state index in [9.17, 15) is 4.39 Å². The molecule has 0 spiro atoms. The molecule has 6 heteroatoms. The number of benzene rings is 2. The van der Waals surface area contributed by atoms with Gasteiger partial charge in [0.05, 0.1) is 6.61 Å². The summed E-state index contributed by atoms with van der Waals surface area (Å²) in [5.74, 6) is 0.577. The Morgan fingerprint density at radius 1 is 1.13 bits per heavy atom. The predicted molar refractivity (Wildman–Crippen MR) is 95.7 cm³/mol. The number of methoxy groups -OCH3 is 1. The standard InChI is InChI=1S/C17H19BrFNO2.ClH/c1-21-9-8-20-11-14-10-15(18)4-7-17(14)22-12-13-2-5-16(19)6-3-13;/h2-7,10,20H,8-9,11-12H2,1H3;1H. The van der Waals surface area contributed by atoms with E-state index >= 15 is 0 Å². The first kappa shape index (κ1) is 19.9. The average Bonchev–Trinajstić information content (AvgIpc) is 2.52. The maximum Gasteiger partial charge on any atom is 0.124 e. The molecule has 23 heavy (non-hydrogen) atoms. The number of halogens is 3. The molecule has 0 aromatic heterocycles. The van der Waals surface area contributed by atoms with Crippen LogP contribution in [0.25, 0.3) is 0 Å². The van der Waals surface area contributed by atoms with Gasteiger partial charge in [-0.25, -0.2) is 4.39 Å². The van der Waals surface area contributed by atoms with Gasteiger partial charge >= 0.3 is 0 Å². The van der Waals surface area contributed by atoms with E-state index in [-0.39, 0.29) is 18.2 Å². The monoisotopic (exact) mass is 403 g/mol. The third-order valence-corrected chi connectivity index (χ3v) is 3.62.